The van der Waals surface area contributed by atoms with E-state index in [4.69, 9.17) is 0 Å². The van der Waals surface area contributed by atoms with E-state index in [1.807, 2.05) is 25.1 Å². The number of hydrogen-bond donors (Lipinski definition) is 0. The fourth-order valence-electron chi connectivity index (χ4n) is 5.35. The largest absolute Gasteiger partial charge is 0.206 e. The van der Waals surface area contributed by atoms with Gasteiger partial charge >= 0.3 is 0 Å². The molecule has 1 aliphatic carbocycles. The van der Waals surface area contributed by atoms with E-state index in [1.54, 1.807) is 0 Å². The van der Waals surface area contributed by atoms with Gasteiger partial charge in [-0.25, -0.2) is 4.39 Å². The van der Waals surface area contributed by atoms with Crippen molar-refractivity contribution >= 4 is 10.8 Å². The van der Waals surface area contributed by atoms with Crippen LogP contribution in [0.5, 0.6) is 0 Å². The number of fused-ring (bicyclic) bond motifs is 1. The summed E-state index contributed by atoms with van der Waals surface area (Å²) in [5.74, 6) is 1.53. The van der Waals surface area contributed by atoms with E-state index in [9.17, 15) is 4.39 Å². The lowest BCUT2D eigenvalue weighted by Gasteiger charge is -2.28. The second kappa shape index (κ2) is 11.5. The summed E-state index contributed by atoms with van der Waals surface area (Å²) in [7, 11) is 0. The Morgan fingerprint density at radius 3 is 2.21 bits per heavy atom. The second-order valence-corrected chi connectivity index (χ2v) is 9.57. The lowest BCUT2D eigenvalue weighted by atomic mass is 9.77. The van der Waals surface area contributed by atoms with Gasteiger partial charge in [0.05, 0.1) is 0 Å². The Labute approximate surface area is 199 Å². The van der Waals surface area contributed by atoms with Crippen LogP contribution in [-0.4, -0.2) is 0 Å². The van der Waals surface area contributed by atoms with Crippen LogP contribution >= 0.6 is 0 Å². The summed E-state index contributed by atoms with van der Waals surface area (Å²) >= 11 is 0. The Morgan fingerprint density at radius 2 is 1.48 bits per heavy atom. The van der Waals surface area contributed by atoms with E-state index < -0.39 is 0 Å². The molecule has 0 spiro atoms. The minimum Gasteiger partial charge on any atom is -0.206 e. The van der Waals surface area contributed by atoms with Gasteiger partial charge in [-0.1, -0.05) is 72.8 Å². The summed E-state index contributed by atoms with van der Waals surface area (Å²) in [5, 5.41) is 1.69. The third kappa shape index (κ3) is 5.82. The molecule has 0 radical (unpaired) electrons. The highest BCUT2D eigenvalue weighted by Crippen LogP contribution is 2.38. The first kappa shape index (κ1) is 23.5. The van der Waals surface area contributed by atoms with Crippen molar-refractivity contribution in [1.82, 2.24) is 0 Å². The van der Waals surface area contributed by atoms with E-state index in [0.29, 0.717) is 5.92 Å². The molecule has 0 bridgehead atoms. The molecule has 3 aromatic carbocycles. The number of benzene rings is 3. The van der Waals surface area contributed by atoms with Crippen LogP contribution in [0.3, 0.4) is 0 Å². The Kier molecular flexibility index (Phi) is 8.15. The summed E-state index contributed by atoms with van der Waals surface area (Å²) in [6, 6.07) is 19.3. The average Bonchev–Trinajstić information content (AvgIpc) is 2.86. The van der Waals surface area contributed by atoms with Crippen LogP contribution in [0.25, 0.3) is 21.9 Å². The normalized spacial score (nSPS) is 19.1. The topological polar surface area (TPSA) is 0 Å². The van der Waals surface area contributed by atoms with E-state index in [1.165, 1.54) is 49.7 Å². The first-order valence-corrected chi connectivity index (χ1v) is 12.7. The zero-order chi connectivity index (χ0) is 23.0. The van der Waals surface area contributed by atoms with Crippen LogP contribution in [0.1, 0.15) is 75.8 Å². The van der Waals surface area contributed by atoms with Gasteiger partial charge in [-0.3, -0.25) is 0 Å². The van der Waals surface area contributed by atoms with Crippen LogP contribution < -0.4 is 0 Å². The summed E-state index contributed by atoms with van der Waals surface area (Å²) < 4.78 is 15.0. The highest BCUT2D eigenvalue weighted by Gasteiger charge is 2.22. The zero-order valence-corrected chi connectivity index (χ0v) is 20.2. The van der Waals surface area contributed by atoms with Crippen LogP contribution in [0.15, 0.2) is 78.9 Å². The first-order valence-electron chi connectivity index (χ1n) is 12.7. The smallest absolute Gasteiger partial charge is 0.134 e. The van der Waals surface area contributed by atoms with Crippen molar-refractivity contribution in [2.45, 2.75) is 71.1 Å². The van der Waals surface area contributed by atoms with Crippen molar-refractivity contribution < 1.29 is 4.39 Å². The van der Waals surface area contributed by atoms with E-state index in [-0.39, 0.29) is 5.82 Å². The standard InChI is InChI=1S/C32H37F/c1-3-5-7-9-24-11-13-25(14-12-24)26-15-17-27(18-16-26)29-21-22-31-30(23-29)20-19-28(32(31)33)10-8-6-4-2/h3-6,15-25H,7-14H2,1-2H3/b5-3+,6-4+. The van der Waals surface area contributed by atoms with Gasteiger partial charge in [0.25, 0.3) is 0 Å². The highest BCUT2D eigenvalue weighted by atomic mass is 19.1. The van der Waals surface area contributed by atoms with Gasteiger partial charge in [-0.2, -0.15) is 0 Å². The molecule has 0 aromatic heterocycles. The third-order valence-corrected chi connectivity index (χ3v) is 7.39. The molecule has 0 nitrogen and oxygen atoms in total. The van der Waals surface area contributed by atoms with Gasteiger partial charge in [0, 0.05) is 5.39 Å². The molecule has 1 heteroatoms. The van der Waals surface area contributed by atoms with Crippen molar-refractivity contribution in [2.24, 2.45) is 5.92 Å². The van der Waals surface area contributed by atoms with E-state index >= 15 is 0 Å². The molecule has 0 saturated heterocycles. The Bertz CT molecular complexity index is 1100. The summed E-state index contributed by atoms with van der Waals surface area (Å²) in [6.45, 7) is 4.11. The summed E-state index contributed by atoms with van der Waals surface area (Å²) in [4.78, 5) is 0. The minimum atomic E-state index is -0.0692. The van der Waals surface area contributed by atoms with Gasteiger partial charge in [-0.15, -0.1) is 0 Å². The van der Waals surface area contributed by atoms with Gasteiger partial charge in [0.15, 0.2) is 0 Å². The van der Waals surface area contributed by atoms with Crippen molar-refractivity contribution in [3.05, 3.63) is 95.8 Å². The molecular weight excluding hydrogens is 403 g/mol. The van der Waals surface area contributed by atoms with Gasteiger partial charge in [0.2, 0.25) is 0 Å². The molecule has 0 unspecified atom stereocenters. The second-order valence-electron chi connectivity index (χ2n) is 9.57. The Balaban J connectivity index is 1.43. The summed E-state index contributed by atoms with van der Waals surface area (Å²) in [6.07, 6.45) is 18.1. The van der Waals surface area contributed by atoms with Crippen LogP contribution in [0.2, 0.25) is 0 Å². The highest BCUT2D eigenvalue weighted by molar-refractivity contribution is 5.88. The Morgan fingerprint density at radius 1 is 0.788 bits per heavy atom. The molecule has 3 aromatic rings. The molecule has 0 atom stereocenters. The average molecular weight is 441 g/mol. The number of hydrogen-bond acceptors (Lipinski definition) is 0. The van der Waals surface area contributed by atoms with Crippen LogP contribution in [-0.2, 0) is 6.42 Å². The monoisotopic (exact) mass is 440 g/mol. The first-order chi connectivity index (χ1) is 16.2. The minimum absolute atomic E-state index is 0.0692. The number of allylic oxidation sites excluding steroid dienone is 4. The number of aryl methyl sites for hydroxylation is 1. The lowest BCUT2D eigenvalue weighted by Crippen LogP contribution is -2.13. The van der Waals surface area contributed by atoms with Crippen molar-refractivity contribution in [3.8, 4) is 11.1 Å². The molecule has 0 heterocycles. The molecule has 4 rings (SSSR count). The zero-order valence-electron chi connectivity index (χ0n) is 20.2. The Hall–Kier alpha value is -2.67. The van der Waals surface area contributed by atoms with Crippen molar-refractivity contribution in [3.63, 3.8) is 0 Å². The number of halogens is 1. The fourth-order valence-corrected chi connectivity index (χ4v) is 5.35. The molecule has 33 heavy (non-hydrogen) atoms. The van der Waals surface area contributed by atoms with Crippen molar-refractivity contribution in [2.75, 3.05) is 0 Å². The van der Waals surface area contributed by atoms with Crippen molar-refractivity contribution in [1.29, 1.82) is 0 Å². The molecule has 1 aliphatic rings. The SMILES string of the molecule is C/C=C/CCc1ccc2cc(-c3ccc(C4CCC(CC/C=C/C)CC4)cc3)ccc2c1F. The molecule has 0 amide bonds. The maximum absolute atomic E-state index is 15.0. The number of rotatable bonds is 8. The van der Waals surface area contributed by atoms with Crippen LogP contribution in [0.4, 0.5) is 4.39 Å². The van der Waals surface area contributed by atoms with Gasteiger partial charge in [-0.05, 0) is 111 Å². The maximum Gasteiger partial charge on any atom is 0.134 e. The van der Waals surface area contributed by atoms with Gasteiger partial charge in [0.1, 0.15) is 5.82 Å². The molecule has 1 saturated carbocycles. The third-order valence-electron chi connectivity index (χ3n) is 7.39. The molecular formula is C32H37F. The van der Waals surface area contributed by atoms with E-state index in [2.05, 4.69) is 67.6 Å². The van der Waals surface area contributed by atoms with Crippen LogP contribution in [0, 0.1) is 11.7 Å². The van der Waals surface area contributed by atoms with E-state index in [0.717, 1.165) is 40.7 Å². The molecule has 1 fully saturated rings. The quantitative estimate of drug-likeness (QED) is 0.306. The molecule has 172 valence electrons. The maximum atomic E-state index is 15.0. The fraction of sp³-hybridized carbons (Fsp3) is 0.375. The summed E-state index contributed by atoms with van der Waals surface area (Å²) in [5.41, 5.74) is 4.64. The van der Waals surface area contributed by atoms with Gasteiger partial charge < -0.3 is 0 Å². The predicted molar refractivity (Wildman–Crippen MR) is 141 cm³/mol. The predicted octanol–water partition coefficient (Wildman–Crippen LogP) is 9.78. The molecule has 0 aliphatic heterocycles. The molecule has 0 N–H and O–H groups in total. The lowest BCUT2D eigenvalue weighted by molar-refractivity contribution is 0.312.